The van der Waals surface area contributed by atoms with Gasteiger partial charge in [0.25, 0.3) is 0 Å². The van der Waals surface area contributed by atoms with Crippen LogP contribution in [0.3, 0.4) is 0 Å². The number of imidazole rings is 1. The summed E-state index contributed by atoms with van der Waals surface area (Å²) in [5.74, 6) is 0.475. The van der Waals surface area contributed by atoms with E-state index in [1.54, 1.807) is 4.57 Å². The molecule has 0 saturated carbocycles. The van der Waals surface area contributed by atoms with Crippen LogP contribution in [0.25, 0.3) is 21.9 Å². The zero-order valence-corrected chi connectivity index (χ0v) is 14.4. The maximum absolute atomic E-state index is 10.7. The van der Waals surface area contributed by atoms with Crippen molar-refractivity contribution < 1.29 is 9.84 Å². The zero-order valence-electron chi connectivity index (χ0n) is 14.4. The molecule has 0 bridgehead atoms. The minimum Gasteiger partial charge on any atom is -0.493 e. The van der Waals surface area contributed by atoms with Crippen LogP contribution < -0.4 is 0 Å². The minimum atomic E-state index is 0.0748. The Balaban J connectivity index is 1.72. The van der Waals surface area contributed by atoms with Gasteiger partial charge in [-0.15, -0.1) is 10.2 Å². The van der Waals surface area contributed by atoms with Gasteiger partial charge in [-0.3, -0.25) is 0 Å². The van der Waals surface area contributed by atoms with E-state index >= 15 is 0 Å². The molecule has 2 heterocycles. The second-order valence-corrected chi connectivity index (χ2v) is 5.82. The van der Waals surface area contributed by atoms with Crippen LogP contribution in [0, 0.1) is 0 Å². The maximum atomic E-state index is 10.7. The number of fused-ring (bicyclic) bond motifs is 2. The van der Waals surface area contributed by atoms with E-state index < -0.39 is 0 Å². The van der Waals surface area contributed by atoms with Crippen molar-refractivity contribution in [2.45, 2.75) is 13.5 Å². The van der Waals surface area contributed by atoms with Gasteiger partial charge in [0.2, 0.25) is 11.8 Å². The number of nitrogens with zero attached hydrogens (tertiary/aromatic N) is 4. The van der Waals surface area contributed by atoms with Gasteiger partial charge in [0.1, 0.15) is 0 Å². The summed E-state index contributed by atoms with van der Waals surface area (Å²) in [6.07, 6.45) is 0. The SMILES string of the molecule is CCOCCn1c(O)c(N=Nc2nc3ccccc3[nH]2)c2ccccc21. The first-order valence-electron chi connectivity index (χ1n) is 8.52. The lowest BCUT2D eigenvalue weighted by atomic mass is 10.2. The molecule has 0 spiro atoms. The molecule has 0 amide bonds. The molecule has 0 aliphatic heterocycles. The Morgan fingerprint density at radius 1 is 1.12 bits per heavy atom. The molecule has 26 heavy (non-hydrogen) atoms. The molecule has 0 aliphatic rings. The molecule has 2 N–H and O–H groups in total. The predicted molar refractivity (Wildman–Crippen MR) is 100 cm³/mol. The molecule has 2 aromatic carbocycles. The Morgan fingerprint density at radius 2 is 1.92 bits per heavy atom. The number of rotatable bonds is 6. The normalized spacial score (nSPS) is 11.9. The summed E-state index contributed by atoms with van der Waals surface area (Å²) in [6, 6.07) is 15.4. The van der Waals surface area contributed by atoms with Gasteiger partial charge in [0, 0.05) is 18.5 Å². The van der Waals surface area contributed by atoms with E-state index in [1.807, 2.05) is 55.5 Å². The van der Waals surface area contributed by atoms with Crippen molar-refractivity contribution in [3.63, 3.8) is 0 Å². The number of hydrogen-bond acceptors (Lipinski definition) is 5. The molecule has 4 aromatic rings. The Hall–Kier alpha value is -3.19. The Morgan fingerprint density at radius 3 is 2.77 bits per heavy atom. The maximum Gasteiger partial charge on any atom is 0.247 e. The molecule has 132 valence electrons. The molecule has 0 fully saturated rings. The highest BCUT2D eigenvalue weighted by atomic mass is 16.5. The molecule has 7 nitrogen and oxygen atoms in total. The molecule has 2 aromatic heterocycles. The summed E-state index contributed by atoms with van der Waals surface area (Å²) in [5.41, 5.74) is 3.04. The second kappa shape index (κ2) is 6.97. The fourth-order valence-corrected chi connectivity index (χ4v) is 2.98. The number of H-pyrrole nitrogens is 1. The van der Waals surface area contributed by atoms with Gasteiger partial charge in [0.15, 0.2) is 5.69 Å². The van der Waals surface area contributed by atoms with Crippen molar-refractivity contribution >= 4 is 33.6 Å². The van der Waals surface area contributed by atoms with Crippen molar-refractivity contribution in [2.24, 2.45) is 10.2 Å². The van der Waals surface area contributed by atoms with Crippen molar-refractivity contribution in [3.8, 4) is 5.88 Å². The number of para-hydroxylation sites is 3. The number of aromatic nitrogens is 3. The van der Waals surface area contributed by atoms with E-state index in [-0.39, 0.29) is 5.88 Å². The van der Waals surface area contributed by atoms with Crippen molar-refractivity contribution in [1.82, 2.24) is 14.5 Å². The lowest BCUT2D eigenvalue weighted by Gasteiger charge is -2.06. The van der Waals surface area contributed by atoms with Crippen LogP contribution in [-0.2, 0) is 11.3 Å². The molecule has 0 saturated heterocycles. The number of nitrogens with one attached hydrogen (secondary N) is 1. The average molecular weight is 349 g/mol. The highest BCUT2D eigenvalue weighted by molar-refractivity contribution is 5.95. The number of hydrogen-bond donors (Lipinski definition) is 2. The second-order valence-electron chi connectivity index (χ2n) is 5.82. The number of azo groups is 1. The molecular formula is C19H19N5O2. The van der Waals surface area contributed by atoms with Crippen LogP contribution in [-0.4, -0.2) is 32.9 Å². The third-order valence-corrected chi connectivity index (χ3v) is 4.20. The third kappa shape index (κ3) is 2.93. The number of aromatic hydroxyl groups is 1. The van der Waals surface area contributed by atoms with E-state index in [0.29, 0.717) is 31.4 Å². The first-order valence-corrected chi connectivity index (χ1v) is 8.52. The topological polar surface area (TPSA) is 87.8 Å². The van der Waals surface area contributed by atoms with Crippen molar-refractivity contribution in [3.05, 3.63) is 48.5 Å². The van der Waals surface area contributed by atoms with Gasteiger partial charge < -0.3 is 19.4 Å². The average Bonchev–Trinajstić information content (AvgIpc) is 3.19. The standard InChI is InChI=1S/C19H19N5O2/c1-2-26-12-11-24-16-10-6-3-7-13(16)17(18(24)25)22-23-19-20-14-8-4-5-9-15(14)21-19/h3-10,25H,2,11-12H2,1H3,(H,20,21). The molecule has 0 aliphatic carbocycles. The van der Waals surface area contributed by atoms with Crippen LogP contribution in [0.4, 0.5) is 11.6 Å². The Kier molecular flexibility index (Phi) is 4.37. The van der Waals surface area contributed by atoms with E-state index in [9.17, 15) is 5.11 Å². The summed E-state index contributed by atoms with van der Waals surface area (Å²) in [7, 11) is 0. The van der Waals surface area contributed by atoms with Crippen LogP contribution in [0.15, 0.2) is 58.8 Å². The van der Waals surface area contributed by atoms with Crippen LogP contribution in [0.5, 0.6) is 5.88 Å². The third-order valence-electron chi connectivity index (χ3n) is 4.20. The summed E-state index contributed by atoms with van der Waals surface area (Å²) in [5, 5.41) is 19.9. The van der Waals surface area contributed by atoms with Crippen LogP contribution in [0.1, 0.15) is 6.92 Å². The summed E-state index contributed by atoms with van der Waals surface area (Å²) >= 11 is 0. The zero-order chi connectivity index (χ0) is 17.9. The molecule has 0 unspecified atom stereocenters. The summed E-state index contributed by atoms with van der Waals surface area (Å²) in [6.45, 7) is 3.64. The van der Waals surface area contributed by atoms with Gasteiger partial charge in [-0.05, 0) is 25.1 Å². The lowest BCUT2D eigenvalue weighted by Crippen LogP contribution is -2.05. The molecule has 7 heteroatoms. The fraction of sp³-hybridized carbons (Fsp3) is 0.211. The first kappa shape index (κ1) is 16.3. The highest BCUT2D eigenvalue weighted by Gasteiger charge is 2.16. The Labute approximate surface area is 150 Å². The lowest BCUT2D eigenvalue weighted by molar-refractivity contribution is 0.138. The highest BCUT2D eigenvalue weighted by Crippen LogP contribution is 2.39. The molecule has 0 radical (unpaired) electrons. The van der Waals surface area contributed by atoms with Gasteiger partial charge in [0.05, 0.1) is 23.2 Å². The van der Waals surface area contributed by atoms with Crippen LogP contribution >= 0.6 is 0 Å². The number of benzene rings is 2. The molecule has 0 atom stereocenters. The largest absolute Gasteiger partial charge is 0.493 e. The van der Waals surface area contributed by atoms with E-state index in [4.69, 9.17) is 4.74 Å². The summed E-state index contributed by atoms with van der Waals surface area (Å²) in [4.78, 5) is 7.48. The van der Waals surface area contributed by atoms with Crippen molar-refractivity contribution in [2.75, 3.05) is 13.2 Å². The quantitative estimate of drug-likeness (QED) is 0.391. The van der Waals surface area contributed by atoms with E-state index in [0.717, 1.165) is 21.9 Å². The Bertz CT molecular complexity index is 1050. The fourth-order valence-electron chi connectivity index (χ4n) is 2.98. The van der Waals surface area contributed by atoms with Crippen LogP contribution in [0.2, 0.25) is 0 Å². The molecule has 4 rings (SSSR count). The molecular weight excluding hydrogens is 330 g/mol. The van der Waals surface area contributed by atoms with E-state index in [1.165, 1.54) is 0 Å². The summed E-state index contributed by atoms with van der Waals surface area (Å²) < 4.78 is 7.20. The smallest absolute Gasteiger partial charge is 0.247 e. The predicted octanol–water partition coefficient (Wildman–Crippen LogP) is 4.68. The number of ether oxygens (including phenoxy) is 1. The monoisotopic (exact) mass is 349 g/mol. The number of aromatic amines is 1. The first-order chi connectivity index (χ1) is 12.8. The van der Waals surface area contributed by atoms with Gasteiger partial charge in [-0.2, -0.15) is 0 Å². The van der Waals surface area contributed by atoms with Gasteiger partial charge >= 0.3 is 0 Å². The minimum absolute atomic E-state index is 0.0748. The van der Waals surface area contributed by atoms with Crippen molar-refractivity contribution in [1.29, 1.82) is 0 Å². The van der Waals surface area contributed by atoms with Gasteiger partial charge in [-0.1, -0.05) is 30.3 Å². The van der Waals surface area contributed by atoms with Gasteiger partial charge in [-0.25, -0.2) is 4.98 Å². The van der Waals surface area contributed by atoms with E-state index in [2.05, 4.69) is 20.2 Å².